The van der Waals surface area contributed by atoms with E-state index in [1.165, 1.54) is 4.90 Å². The molecule has 1 aromatic heterocycles. The largest absolute Gasteiger partial charge is 0.405 e. The van der Waals surface area contributed by atoms with Crippen LogP contribution in [0, 0.1) is 5.92 Å². The molecule has 7 heteroatoms. The molecule has 0 radical (unpaired) electrons. The minimum atomic E-state index is -4.22. The maximum absolute atomic E-state index is 12.6. The zero-order chi connectivity index (χ0) is 15.5. The quantitative estimate of drug-likeness (QED) is 0.841. The second kappa shape index (κ2) is 6.60. The van der Waals surface area contributed by atoms with Crippen molar-refractivity contribution in [3.8, 4) is 0 Å². The molecule has 0 unspecified atom stereocenters. The number of nitrogens with zero attached hydrogens (tertiary/aromatic N) is 3. The first-order valence-corrected chi connectivity index (χ1v) is 7.22. The minimum absolute atomic E-state index is 0.0501. The van der Waals surface area contributed by atoms with Gasteiger partial charge in [0.1, 0.15) is 6.54 Å². The molecule has 1 N–H and O–H groups in total. The van der Waals surface area contributed by atoms with Gasteiger partial charge in [0.25, 0.3) is 0 Å². The van der Waals surface area contributed by atoms with Crippen LogP contribution in [0.25, 0.3) is 0 Å². The Hall–Kier alpha value is -1.37. The lowest BCUT2D eigenvalue weighted by atomic mass is 10.2. The Morgan fingerprint density at radius 3 is 2.48 bits per heavy atom. The van der Waals surface area contributed by atoms with Gasteiger partial charge in [-0.15, -0.1) is 5.10 Å². The first-order valence-electron chi connectivity index (χ1n) is 7.22. The lowest BCUT2D eigenvalue weighted by molar-refractivity contribution is -0.120. The van der Waals surface area contributed by atoms with Crippen molar-refractivity contribution in [2.75, 3.05) is 18.0 Å². The van der Waals surface area contributed by atoms with Crippen LogP contribution in [0.5, 0.6) is 0 Å². The average Bonchev–Trinajstić information content (AvgIpc) is 3.20. The smallest absolute Gasteiger partial charge is 0.343 e. The van der Waals surface area contributed by atoms with Crippen LogP contribution < -0.4 is 10.2 Å². The van der Waals surface area contributed by atoms with E-state index in [9.17, 15) is 13.2 Å². The molecule has 0 spiro atoms. The summed E-state index contributed by atoms with van der Waals surface area (Å²) in [6.45, 7) is 4.69. The average molecular weight is 302 g/mol. The maximum Gasteiger partial charge on any atom is 0.405 e. The van der Waals surface area contributed by atoms with E-state index in [1.807, 2.05) is 0 Å². The molecule has 2 rings (SSSR count). The van der Waals surface area contributed by atoms with Gasteiger partial charge in [-0.05, 0) is 37.4 Å². The summed E-state index contributed by atoms with van der Waals surface area (Å²) < 4.78 is 37.8. The van der Waals surface area contributed by atoms with Crippen molar-refractivity contribution in [3.63, 3.8) is 0 Å². The number of halogens is 3. The molecule has 1 aliphatic carbocycles. The molecule has 4 nitrogen and oxygen atoms in total. The van der Waals surface area contributed by atoms with E-state index in [0.29, 0.717) is 18.3 Å². The van der Waals surface area contributed by atoms with Crippen LogP contribution in [0.15, 0.2) is 12.1 Å². The summed E-state index contributed by atoms with van der Waals surface area (Å²) in [6, 6.07) is 3.32. The fourth-order valence-corrected chi connectivity index (χ4v) is 2.07. The van der Waals surface area contributed by atoms with Crippen molar-refractivity contribution < 1.29 is 13.2 Å². The molecule has 1 aliphatic rings. The zero-order valence-electron chi connectivity index (χ0n) is 12.3. The maximum atomic E-state index is 12.6. The van der Waals surface area contributed by atoms with Crippen LogP contribution in [0.1, 0.15) is 32.4 Å². The second-order valence-electron chi connectivity index (χ2n) is 5.88. The van der Waals surface area contributed by atoms with Gasteiger partial charge in [0.05, 0.1) is 5.69 Å². The molecule has 1 fully saturated rings. The summed E-state index contributed by atoms with van der Waals surface area (Å²) in [4.78, 5) is 1.30. The summed E-state index contributed by atoms with van der Waals surface area (Å²) in [7, 11) is 0. The van der Waals surface area contributed by atoms with Crippen LogP contribution in [0.3, 0.4) is 0 Å². The van der Waals surface area contributed by atoms with Gasteiger partial charge in [-0.2, -0.15) is 18.3 Å². The number of alkyl halides is 3. The topological polar surface area (TPSA) is 41.0 Å². The number of aromatic nitrogens is 2. The van der Waals surface area contributed by atoms with Crippen molar-refractivity contribution in [3.05, 3.63) is 17.8 Å². The lowest BCUT2D eigenvalue weighted by Crippen LogP contribution is -2.36. The lowest BCUT2D eigenvalue weighted by Gasteiger charge is -2.24. The molecule has 1 saturated carbocycles. The highest BCUT2D eigenvalue weighted by atomic mass is 19.4. The first-order chi connectivity index (χ1) is 9.85. The number of nitrogens with one attached hydrogen (secondary N) is 1. The molecule has 1 heterocycles. The summed E-state index contributed by atoms with van der Waals surface area (Å²) in [5.41, 5.74) is 0.738. The molecular weight excluding hydrogens is 281 g/mol. The Bertz CT molecular complexity index is 441. The molecule has 0 aromatic carbocycles. The van der Waals surface area contributed by atoms with E-state index >= 15 is 0 Å². The van der Waals surface area contributed by atoms with E-state index in [4.69, 9.17) is 0 Å². The Balaban J connectivity index is 1.96. The van der Waals surface area contributed by atoms with Gasteiger partial charge in [-0.25, -0.2) is 0 Å². The van der Waals surface area contributed by atoms with Gasteiger partial charge < -0.3 is 10.2 Å². The summed E-state index contributed by atoms with van der Waals surface area (Å²) in [5.74, 6) is 0.844. The highest BCUT2D eigenvalue weighted by molar-refractivity contribution is 5.40. The minimum Gasteiger partial charge on any atom is -0.343 e. The number of hydrogen-bond donors (Lipinski definition) is 1. The first kappa shape index (κ1) is 16.0. The van der Waals surface area contributed by atoms with Crippen molar-refractivity contribution >= 4 is 5.82 Å². The summed E-state index contributed by atoms with van der Waals surface area (Å²) >= 11 is 0. The molecule has 118 valence electrons. The van der Waals surface area contributed by atoms with Crippen LogP contribution in [-0.4, -0.2) is 35.5 Å². The van der Waals surface area contributed by atoms with Crippen molar-refractivity contribution in [1.29, 1.82) is 0 Å². The third-order valence-electron chi connectivity index (χ3n) is 3.20. The molecule has 0 saturated heterocycles. The summed E-state index contributed by atoms with van der Waals surface area (Å²) in [5, 5.41) is 11.2. The van der Waals surface area contributed by atoms with Gasteiger partial charge in [0.15, 0.2) is 5.82 Å². The van der Waals surface area contributed by atoms with Crippen LogP contribution in [-0.2, 0) is 6.54 Å². The summed E-state index contributed by atoms with van der Waals surface area (Å²) in [6.07, 6.45) is -2.65. The standard InChI is InChI=1S/C14H21F3N4/c1-10(2)7-18-8-11-3-6-13(20-19-11)21(12-4-5-12)9-14(15,16)17/h3,6,10,12,18H,4-5,7-9H2,1-2H3. The van der Waals surface area contributed by atoms with Crippen molar-refractivity contribution in [2.45, 2.75) is 45.5 Å². The molecule has 0 bridgehead atoms. The monoisotopic (exact) mass is 302 g/mol. The van der Waals surface area contributed by atoms with Crippen LogP contribution in [0.2, 0.25) is 0 Å². The number of hydrogen-bond acceptors (Lipinski definition) is 4. The third-order valence-corrected chi connectivity index (χ3v) is 3.20. The number of rotatable bonds is 7. The predicted molar refractivity (Wildman–Crippen MR) is 75.0 cm³/mol. The molecule has 0 amide bonds. The fourth-order valence-electron chi connectivity index (χ4n) is 2.07. The van der Waals surface area contributed by atoms with Gasteiger partial charge in [-0.1, -0.05) is 13.8 Å². The molecule has 0 aliphatic heterocycles. The fraction of sp³-hybridized carbons (Fsp3) is 0.714. The van der Waals surface area contributed by atoms with E-state index in [-0.39, 0.29) is 6.04 Å². The Kier molecular flexibility index (Phi) is 5.03. The Morgan fingerprint density at radius 2 is 2.00 bits per heavy atom. The normalized spacial score (nSPS) is 15.5. The van der Waals surface area contributed by atoms with E-state index < -0.39 is 12.7 Å². The second-order valence-corrected chi connectivity index (χ2v) is 5.88. The molecular formula is C14H21F3N4. The Morgan fingerprint density at radius 1 is 1.29 bits per heavy atom. The van der Waals surface area contributed by atoms with Crippen LogP contribution in [0.4, 0.5) is 19.0 Å². The highest BCUT2D eigenvalue weighted by Gasteiger charge is 2.38. The predicted octanol–water partition coefficient (Wildman–Crippen LogP) is 2.75. The van der Waals surface area contributed by atoms with Crippen molar-refractivity contribution in [1.82, 2.24) is 15.5 Å². The SMILES string of the molecule is CC(C)CNCc1ccc(N(CC(F)(F)F)C2CC2)nn1. The van der Waals surface area contributed by atoms with E-state index in [2.05, 4.69) is 29.4 Å². The van der Waals surface area contributed by atoms with Crippen LogP contribution >= 0.6 is 0 Å². The van der Waals surface area contributed by atoms with Gasteiger partial charge in [-0.3, -0.25) is 0 Å². The van der Waals surface area contributed by atoms with E-state index in [0.717, 1.165) is 25.1 Å². The molecule has 0 atom stereocenters. The zero-order valence-corrected chi connectivity index (χ0v) is 12.3. The molecule has 21 heavy (non-hydrogen) atoms. The molecule has 1 aromatic rings. The van der Waals surface area contributed by atoms with Gasteiger partial charge in [0.2, 0.25) is 0 Å². The highest BCUT2D eigenvalue weighted by Crippen LogP contribution is 2.33. The third kappa shape index (κ3) is 5.49. The van der Waals surface area contributed by atoms with Gasteiger partial charge >= 0.3 is 6.18 Å². The van der Waals surface area contributed by atoms with Gasteiger partial charge in [0, 0.05) is 12.6 Å². The van der Waals surface area contributed by atoms with Crippen molar-refractivity contribution in [2.24, 2.45) is 5.92 Å². The number of anilines is 1. The van der Waals surface area contributed by atoms with E-state index in [1.54, 1.807) is 12.1 Å². The Labute approximate surface area is 122 Å².